The first-order valence-electron chi connectivity index (χ1n) is 6.57. The van der Waals surface area contributed by atoms with Crippen LogP contribution >= 0.6 is 0 Å². The number of hydrogen-bond acceptors (Lipinski definition) is 10. The normalized spacial score (nSPS) is 19.5. The molecule has 0 saturated heterocycles. The molecule has 0 rings (SSSR count). The molecule has 0 bridgehead atoms. The predicted octanol–water partition coefficient (Wildman–Crippen LogP) is -3.17. The highest BCUT2D eigenvalue weighted by atomic mass is 17.2. The van der Waals surface area contributed by atoms with Crippen molar-refractivity contribution < 1.29 is 50.0 Å². The van der Waals surface area contributed by atoms with Crippen LogP contribution in [0, 0.1) is 5.92 Å². The molecule has 22 heavy (non-hydrogen) atoms. The van der Waals surface area contributed by atoms with Crippen LogP contribution in [0.25, 0.3) is 0 Å². The van der Waals surface area contributed by atoms with Crippen LogP contribution < -0.4 is 0 Å². The Hall–Kier alpha value is -1.30. The zero-order chi connectivity index (χ0) is 17.4. The third-order valence-electron chi connectivity index (χ3n) is 3.03. The minimum absolute atomic E-state index is 0.0380. The van der Waals surface area contributed by atoms with Gasteiger partial charge >= 0.3 is 11.9 Å². The highest BCUT2D eigenvalue weighted by Gasteiger charge is 2.40. The Labute approximate surface area is 126 Å². The standard InChI is InChI=1S/C12H22O10/c1-3-6(12(20)22-21-5(2)14)8(16)10(18)11(19)9(17)7(15)4-13/h6-11,13,15-19H,3-4H2,1-2H3/t6?,7-,8?,9-,10-,11+/m1/s1. The highest BCUT2D eigenvalue weighted by molar-refractivity contribution is 5.74. The molecule has 0 amide bonds. The molecule has 10 nitrogen and oxygen atoms in total. The first-order valence-corrected chi connectivity index (χ1v) is 6.57. The molecule has 0 radical (unpaired) electrons. The Morgan fingerprint density at radius 1 is 0.909 bits per heavy atom. The zero-order valence-electron chi connectivity index (χ0n) is 12.2. The van der Waals surface area contributed by atoms with Gasteiger partial charge in [-0.15, -0.1) is 0 Å². The van der Waals surface area contributed by atoms with E-state index in [9.17, 15) is 35.1 Å². The van der Waals surface area contributed by atoms with Crippen molar-refractivity contribution in [3.05, 3.63) is 0 Å². The summed E-state index contributed by atoms with van der Waals surface area (Å²) in [4.78, 5) is 30.3. The van der Waals surface area contributed by atoms with Crippen molar-refractivity contribution in [2.24, 2.45) is 5.92 Å². The molecule has 10 heteroatoms. The van der Waals surface area contributed by atoms with Crippen molar-refractivity contribution in [2.45, 2.75) is 50.8 Å². The molecule has 6 atom stereocenters. The summed E-state index contributed by atoms with van der Waals surface area (Å²) in [6.07, 6.45) is -9.66. The van der Waals surface area contributed by atoms with E-state index < -0.39 is 55.0 Å². The fourth-order valence-electron chi connectivity index (χ4n) is 1.69. The van der Waals surface area contributed by atoms with Crippen LogP contribution in [0.2, 0.25) is 0 Å². The fourth-order valence-corrected chi connectivity index (χ4v) is 1.69. The molecule has 0 aliphatic rings. The van der Waals surface area contributed by atoms with Crippen molar-refractivity contribution in [3.8, 4) is 0 Å². The SMILES string of the molecule is CCC(C(=O)OOC(C)=O)C(O)[C@@H](O)[C@@H](O)[C@H](O)[C@H](O)CO. The second-order valence-electron chi connectivity index (χ2n) is 4.70. The summed E-state index contributed by atoms with van der Waals surface area (Å²) in [6, 6.07) is 0. The van der Waals surface area contributed by atoms with Gasteiger partial charge in [-0.1, -0.05) is 6.92 Å². The van der Waals surface area contributed by atoms with Crippen LogP contribution in [0.15, 0.2) is 0 Å². The van der Waals surface area contributed by atoms with Crippen LogP contribution in [0.1, 0.15) is 20.3 Å². The number of carbonyl (C=O) groups excluding carboxylic acids is 2. The zero-order valence-corrected chi connectivity index (χ0v) is 12.2. The third kappa shape index (κ3) is 5.83. The van der Waals surface area contributed by atoms with Crippen LogP contribution in [0.5, 0.6) is 0 Å². The molecule has 0 aliphatic carbocycles. The number of rotatable bonds is 8. The van der Waals surface area contributed by atoms with Crippen molar-refractivity contribution in [2.75, 3.05) is 6.61 Å². The Morgan fingerprint density at radius 2 is 1.41 bits per heavy atom. The first kappa shape index (κ1) is 20.7. The lowest BCUT2D eigenvalue weighted by Gasteiger charge is -2.30. The quantitative estimate of drug-likeness (QED) is 0.197. The summed E-state index contributed by atoms with van der Waals surface area (Å²) in [5, 5.41) is 56.6. The largest absolute Gasteiger partial charge is 0.394 e. The van der Waals surface area contributed by atoms with Crippen LogP contribution in [-0.4, -0.2) is 79.7 Å². The van der Waals surface area contributed by atoms with E-state index in [4.69, 9.17) is 5.11 Å². The van der Waals surface area contributed by atoms with Crippen molar-refractivity contribution >= 4 is 11.9 Å². The van der Waals surface area contributed by atoms with Crippen molar-refractivity contribution in [1.82, 2.24) is 0 Å². The Kier molecular flexibility index (Phi) is 9.09. The van der Waals surface area contributed by atoms with Gasteiger partial charge < -0.3 is 30.6 Å². The molecule has 0 saturated carbocycles. The van der Waals surface area contributed by atoms with E-state index in [1.165, 1.54) is 6.92 Å². The van der Waals surface area contributed by atoms with Crippen molar-refractivity contribution in [1.29, 1.82) is 0 Å². The second-order valence-corrected chi connectivity index (χ2v) is 4.70. The lowest BCUT2D eigenvalue weighted by atomic mass is 9.90. The van der Waals surface area contributed by atoms with E-state index in [1.54, 1.807) is 0 Å². The summed E-state index contributed by atoms with van der Waals surface area (Å²) in [7, 11) is 0. The molecule has 0 aromatic heterocycles. The van der Waals surface area contributed by atoms with E-state index >= 15 is 0 Å². The van der Waals surface area contributed by atoms with Gasteiger partial charge in [-0.3, -0.25) is 0 Å². The van der Waals surface area contributed by atoms with Gasteiger partial charge in [0.2, 0.25) is 0 Å². The van der Waals surface area contributed by atoms with Gasteiger partial charge in [0.15, 0.2) is 0 Å². The first-order chi connectivity index (χ1) is 10.2. The Morgan fingerprint density at radius 3 is 1.82 bits per heavy atom. The lowest BCUT2D eigenvalue weighted by Crippen LogP contribution is -2.52. The van der Waals surface area contributed by atoms with Gasteiger partial charge in [0.1, 0.15) is 24.4 Å². The van der Waals surface area contributed by atoms with E-state index in [2.05, 4.69) is 9.78 Å². The van der Waals surface area contributed by atoms with Gasteiger partial charge in [0.25, 0.3) is 0 Å². The maximum atomic E-state index is 11.6. The monoisotopic (exact) mass is 326 g/mol. The molecular weight excluding hydrogens is 304 g/mol. The molecule has 0 aromatic carbocycles. The fraction of sp³-hybridized carbons (Fsp3) is 0.833. The van der Waals surface area contributed by atoms with E-state index in [0.717, 1.165) is 6.92 Å². The summed E-state index contributed by atoms with van der Waals surface area (Å²) >= 11 is 0. The van der Waals surface area contributed by atoms with Gasteiger partial charge in [-0.25, -0.2) is 19.4 Å². The third-order valence-corrected chi connectivity index (χ3v) is 3.03. The number of aliphatic hydroxyl groups is 6. The summed E-state index contributed by atoms with van der Waals surface area (Å²) in [6.45, 7) is 1.56. The predicted molar refractivity (Wildman–Crippen MR) is 68.8 cm³/mol. The molecule has 0 spiro atoms. The minimum atomic E-state index is -2.03. The lowest BCUT2D eigenvalue weighted by molar-refractivity contribution is -0.264. The molecule has 0 aliphatic heterocycles. The van der Waals surface area contributed by atoms with E-state index in [0.29, 0.717) is 0 Å². The average Bonchev–Trinajstić information content (AvgIpc) is 2.50. The average molecular weight is 326 g/mol. The maximum Gasteiger partial charge on any atom is 0.361 e. The number of hydrogen-bond donors (Lipinski definition) is 6. The van der Waals surface area contributed by atoms with Crippen LogP contribution in [0.3, 0.4) is 0 Å². The number of carbonyl (C=O) groups is 2. The smallest absolute Gasteiger partial charge is 0.361 e. The van der Waals surface area contributed by atoms with Gasteiger partial charge in [-0.2, -0.15) is 0 Å². The topological polar surface area (TPSA) is 174 Å². The summed E-state index contributed by atoms with van der Waals surface area (Å²) < 4.78 is 0. The van der Waals surface area contributed by atoms with Crippen LogP contribution in [0.4, 0.5) is 0 Å². The Bertz CT molecular complexity index is 360. The molecule has 2 unspecified atom stereocenters. The maximum absolute atomic E-state index is 11.6. The van der Waals surface area contributed by atoms with Gasteiger partial charge in [-0.05, 0) is 6.42 Å². The molecule has 6 N–H and O–H groups in total. The molecule has 0 aromatic rings. The highest BCUT2D eigenvalue weighted by Crippen LogP contribution is 2.19. The second kappa shape index (κ2) is 9.66. The summed E-state index contributed by atoms with van der Waals surface area (Å²) in [5.41, 5.74) is 0. The molecular formula is C12H22O10. The summed E-state index contributed by atoms with van der Waals surface area (Å²) in [5.74, 6) is -3.42. The number of aliphatic hydroxyl groups excluding tert-OH is 6. The molecule has 0 fully saturated rings. The van der Waals surface area contributed by atoms with Crippen LogP contribution in [-0.2, 0) is 19.4 Å². The molecule has 0 heterocycles. The Balaban J connectivity index is 4.83. The van der Waals surface area contributed by atoms with E-state index in [1.807, 2.05) is 0 Å². The molecule has 130 valence electrons. The van der Waals surface area contributed by atoms with Gasteiger partial charge in [0, 0.05) is 6.92 Å². The van der Waals surface area contributed by atoms with E-state index in [-0.39, 0.29) is 6.42 Å². The van der Waals surface area contributed by atoms with Gasteiger partial charge in [0.05, 0.1) is 18.6 Å². The van der Waals surface area contributed by atoms with Crippen molar-refractivity contribution in [3.63, 3.8) is 0 Å². The minimum Gasteiger partial charge on any atom is -0.394 e.